The number of fused-ring (bicyclic) bond motifs is 1. The van der Waals surface area contributed by atoms with E-state index in [1.165, 1.54) is 12.3 Å². The topological polar surface area (TPSA) is 84.2 Å². The largest absolute Gasteiger partial charge is 0.356 e. The van der Waals surface area contributed by atoms with Gasteiger partial charge in [-0.05, 0) is 38.0 Å². The highest BCUT2D eigenvalue weighted by Gasteiger charge is 2.32. The fraction of sp³-hybridized carbons (Fsp3) is 0.333. The maximum Gasteiger partial charge on any atom is 0.258 e. The summed E-state index contributed by atoms with van der Waals surface area (Å²) in [6, 6.07) is 4.73. The van der Waals surface area contributed by atoms with Gasteiger partial charge in [-0.25, -0.2) is 9.37 Å². The van der Waals surface area contributed by atoms with E-state index in [0.29, 0.717) is 16.7 Å². The van der Waals surface area contributed by atoms with E-state index < -0.39 is 17.3 Å². The number of pyridine rings is 1. The SMILES string of the molecule is CN=C1NC(C)(c2ccc(F)c(NC(=O)c3cnc4c(c(C)nn4C)c3Cl)c2)CCS1. The Morgan fingerprint density at radius 3 is 2.97 bits per heavy atom. The third-order valence-electron chi connectivity index (χ3n) is 5.49. The molecule has 0 bridgehead atoms. The molecule has 0 aliphatic carbocycles. The lowest BCUT2D eigenvalue weighted by Crippen LogP contribution is -2.46. The quantitative estimate of drug-likeness (QED) is 0.610. The lowest BCUT2D eigenvalue weighted by molar-refractivity contribution is 0.102. The van der Waals surface area contributed by atoms with Crippen LogP contribution in [-0.4, -0.2) is 38.6 Å². The van der Waals surface area contributed by atoms with Gasteiger partial charge < -0.3 is 10.6 Å². The number of nitrogens with zero attached hydrogens (tertiary/aromatic N) is 4. The highest BCUT2D eigenvalue weighted by atomic mass is 35.5. The van der Waals surface area contributed by atoms with Gasteiger partial charge in [-0.2, -0.15) is 5.10 Å². The summed E-state index contributed by atoms with van der Waals surface area (Å²) in [7, 11) is 3.49. The second kappa shape index (κ2) is 8.12. The van der Waals surface area contributed by atoms with Crippen LogP contribution in [0.25, 0.3) is 11.0 Å². The minimum absolute atomic E-state index is 0.0813. The van der Waals surface area contributed by atoms with Crippen LogP contribution in [0.15, 0.2) is 29.4 Å². The van der Waals surface area contributed by atoms with Gasteiger partial charge in [0, 0.05) is 26.0 Å². The van der Waals surface area contributed by atoms with Crippen molar-refractivity contribution in [2.24, 2.45) is 12.0 Å². The Kier molecular flexibility index (Phi) is 5.65. The first-order chi connectivity index (χ1) is 14.7. The first-order valence-corrected chi connectivity index (χ1v) is 11.1. The van der Waals surface area contributed by atoms with E-state index in [1.807, 2.05) is 6.92 Å². The Bertz CT molecular complexity index is 1230. The van der Waals surface area contributed by atoms with Gasteiger partial charge in [-0.15, -0.1) is 0 Å². The van der Waals surface area contributed by atoms with Crippen LogP contribution in [0.3, 0.4) is 0 Å². The van der Waals surface area contributed by atoms with Crippen molar-refractivity contribution in [3.63, 3.8) is 0 Å². The van der Waals surface area contributed by atoms with Gasteiger partial charge in [-0.1, -0.05) is 29.4 Å². The fourth-order valence-corrected chi connectivity index (χ4v) is 5.19. The molecule has 1 aromatic carbocycles. The van der Waals surface area contributed by atoms with Crippen LogP contribution in [0.4, 0.5) is 10.1 Å². The third-order valence-corrected chi connectivity index (χ3v) is 6.85. The van der Waals surface area contributed by atoms with Crippen molar-refractivity contribution in [2.45, 2.75) is 25.8 Å². The standard InChI is InChI=1S/C21H22ClFN6OS/c1-11-16-17(22)13(10-25-18(16)29(4)28-11)19(30)26-15-9-12(5-6-14(15)23)21(2)7-8-31-20(24-3)27-21/h5-6,9-10H,7-8H2,1-4H3,(H,24,27)(H,26,30). The summed E-state index contributed by atoms with van der Waals surface area (Å²) in [5, 5.41) is 12.0. The normalized spacial score (nSPS) is 20.1. The van der Waals surface area contributed by atoms with Crippen molar-refractivity contribution in [1.82, 2.24) is 20.1 Å². The van der Waals surface area contributed by atoms with Crippen LogP contribution in [-0.2, 0) is 12.6 Å². The van der Waals surface area contributed by atoms with Crippen molar-refractivity contribution < 1.29 is 9.18 Å². The van der Waals surface area contributed by atoms with E-state index in [-0.39, 0.29) is 16.3 Å². The number of aryl methyl sites for hydroxylation is 2. The van der Waals surface area contributed by atoms with E-state index in [2.05, 4.69) is 25.7 Å². The average molecular weight is 461 g/mol. The highest BCUT2D eigenvalue weighted by Crippen LogP contribution is 2.34. The first kappa shape index (κ1) is 21.6. The monoisotopic (exact) mass is 460 g/mol. The van der Waals surface area contributed by atoms with Crippen LogP contribution in [0.2, 0.25) is 5.02 Å². The molecule has 31 heavy (non-hydrogen) atoms. The summed E-state index contributed by atoms with van der Waals surface area (Å²) in [6.07, 6.45) is 2.22. The van der Waals surface area contributed by atoms with E-state index in [4.69, 9.17) is 11.6 Å². The molecule has 7 nitrogen and oxygen atoms in total. The molecule has 1 saturated heterocycles. The number of halogens is 2. The number of anilines is 1. The summed E-state index contributed by atoms with van der Waals surface area (Å²) >= 11 is 8.14. The molecule has 0 spiro atoms. The van der Waals surface area contributed by atoms with Crippen molar-refractivity contribution in [2.75, 3.05) is 18.1 Å². The van der Waals surface area contributed by atoms with Crippen molar-refractivity contribution in [3.05, 3.63) is 52.1 Å². The Morgan fingerprint density at radius 1 is 1.45 bits per heavy atom. The molecule has 3 heterocycles. The summed E-state index contributed by atoms with van der Waals surface area (Å²) < 4.78 is 16.2. The lowest BCUT2D eigenvalue weighted by Gasteiger charge is -2.36. The zero-order chi connectivity index (χ0) is 22.3. The second-order valence-corrected chi connectivity index (χ2v) is 9.09. The van der Waals surface area contributed by atoms with Gasteiger partial charge in [0.05, 0.1) is 32.9 Å². The van der Waals surface area contributed by atoms with Gasteiger partial charge in [-0.3, -0.25) is 14.5 Å². The zero-order valence-corrected chi connectivity index (χ0v) is 19.2. The molecule has 1 aliphatic heterocycles. The van der Waals surface area contributed by atoms with E-state index in [1.54, 1.807) is 49.6 Å². The average Bonchev–Trinajstić information content (AvgIpc) is 3.03. The number of rotatable bonds is 3. The Hall–Kier alpha value is -2.65. The van der Waals surface area contributed by atoms with Crippen LogP contribution in [0.1, 0.15) is 35.0 Å². The van der Waals surface area contributed by atoms with E-state index >= 15 is 0 Å². The number of benzene rings is 1. The smallest absolute Gasteiger partial charge is 0.258 e. The molecule has 1 unspecified atom stereocenters. The number of aliphatic imine (C=N–C) groups is 1. The molecule has 4 rings (SSSR count). The van der Waals surface area contributed by atoms with Gasteiger partial charge in [0.2, 0.25) is 0 Å². The fourth-order valence-electron chi connectivity index (χ4n) is 3.70. The van der Waals surface area contributed by atoms with E-state index in [0.717, 1.165) is 22.9 Å². The minimum atomic E-state index is -0.535. The molecule has 3 aromatic rings. The molecule has 1 fully saturated rings. The van der Waals surface area contributed by atoms with Crippen molar-refractivity contribution in [1.29, 1.82) is 0 Å². The first-order valence-electron chi connectivity index (χ1n) is 9.70. The van der Waals surface area contributed by atoms with Gasteiger partial charge in [0.25, 0.3) is 5.91 Å². The number of hydrogen-bond acceptors (Lipinski definition) is 5. The van der Waals surface area contributed by atoms with Crippen molar-refractivity contribution >= 4 is 51.2 Å². The third kappa shape index (κ3) is 3.87. The van der Waals surface area contributed by atoms with Crippen LogP contribution >= 0.6 is 23.4 Å². The van der Waals surface area contributed by atoms with E-state index in [9.17, 15) is 9.18 Å². The molecule has 162 valence electrons. The number of thioether (sulfide) groups is 1. The Balaban J connectivity index is 1.66. The minimum Gasteiger partial charge on any atom is -0.356 e. The number of amides is 1. The number of amidine groups is 1. The Morgan fingerprint density at radius 2 is 2.23 bits per heavy atom. The predicted octanol–water partition coefficient (Wildman–Crippen LogP) is 4.25. The number of carbonyl (C=O) groups is 1. The number of hydrogen-bond donors (Lipinski definition) is 2. The molecule has 0 saturated carbocycles. The summed E-state index contributed by atoms with van der Waals surface area (Å²) in [5.41, 5.74) is 1.92. The zero-order valence-electron chi connectivity index (χ0n) is 17.6. The molecule has 1 aliphatic rings. The maximum absolute atomic E-state index is 14.6. The Labute approximate surface area is 188 Å². The summed E-state index contributed by atoms with van der Waals surface area (Å²) in [5.74, 6) is -0.175. The maximum atomic E-state index is 14.6. The van der Waals surface area contributed by atoms with Gasteiger partial charge >= 0.3 is 0 Å². The summed E-state index contributed by atoms with van der Waals surface area (Å²) in [4.78, 5) is 21.5. The van der Waals surface area contributed by atoms with Gasteiger partial charge in [0.1, 0.15) is 5.82 Å². The molecule has 2 aromatic heterocycles. The van der Waals surface area contributed by atoms with Crippen LogP contribution < -0.4 is 10.6 Å². The van der Waals surface area contributed by atoms with Crippen LogP contribution in [0.5, 0.6) is 0 Å². The molecule has 1 atom stereocenters. The number of aromatic nitrogens is 3. The second-order valence-electron chi connectivity index (χ2n) is 7.63. The summed E-state index contributed by atoms with van der Waals surface area (Å²) in [6.45, 7) is 3.83. The van der Waals surface area contributed by atoms with Crippen molar-refractivity contribution in [3.8, 4) is 0 Å². The number of nitrogens with one attached hydrogen (secondary N) is 2. The molecule has 2 N–H and O–H groups in total. The molecule has 10 heteroatoms. The molecular formula is C21H22ClFN6OS. The predicted molar refractivity (Wildman–Crippen MR) is 124 cm³/mol. The highest BCUT2D eigenvalue weighted by molar-refractivity contribution is 8.13. The molecule has 0 radical (unpaired) electrons. The molecule has 1 amide bonds. The number of carbonyl (C=O) groups excluding carboxylic acids is 1. The van der Waals surface area contributed by atoms with Gasteiger partial charge in [0.15, 0.2) is 10.8 Å². The lowest BCUT2D eigenvalue weighted by atomic mass is 9.89. The molecular weight excluding hydrogens is 439 g/mol. The van der Waals surface area contributed by atoms with Crippen LogP contribution in [0, 0.1) is 12.7 Å².